The number of nitrogens with zero attached hydrogens (tertiary/aromatic N) is 5. The number of halogens is 1. The Morgan fingerprint density at radius 2 is 1.72 bits per heavy atom. The quantitative estimate of drug-likeness (QED) is 0.516. The molecular formula is C20H20ClN5O3. The summed E-state index contributed by atoms with van der Waals surface area (Å²) in [6.45, 7) is 6.73. The first-order valence-corrected chi connectivity index (χ1v) is 9.51. The highest BCUT2D eigenvalue weighted by molar-refractivity contribution is 6.30. The summed E-state index contributed by atoms with van der Waals surface area (Å²) in [7, 11) is 1.55. The van der Waals surface area contributed by atoms with E-state index in [9.17, 15) is 14.4 Å². The fourth-order valence-corrected chi connectivity index (χ4v) is 3.77. The van der Waals surface area contributed by atoms with Crippen LogP contribution in [0.3, 0.4) is 0 Å². The van der Waals surface area contributed by atoms with Gasteiger partial charge in [0.1, 0.15) is 0 Å². The van der Waals surface area contributed by atoms with E-state index in [-0.39, 0.29) is 16.9 Å². The Balaban J connectivity index is 2.19. The zero-order valence-corrected chi connectivity index (χ0v) is 17.5. The van der Waals surface area contributed by atoms with Crippen molar-refractivity contribution in [1.29, 1.82) is 0 Å². The van der Waals surface area contributed by atoms with Gasteiger partial charge in [0.25, 0.3) is 5.56 Å². The van der Waals surface area contributed by atoms with Crippen LogP contribution in [0.5, 0.6) is 0 Å². The fraction of sp³-hybridized carbons (Fsp3) is 0.300. The lowest BCUT2D eigenvalue weighted by Gasteiger charge is -2.12. The molecule has 3 heterocycles. The minimum Gasteiger partial charge on any atom is -0.298 e. The number of ketones is 1. The van der Waals surface area contributed by atoms with Gasteiger partial charge in [-0.2, -0.15) is 4.98 Å². The van der Waals surface area contributed by atoms with Crippen molar-refractivity contribution in [3.05, 3.63) is 61.5 Å². The summed E-state index contributed by atoms with van der Waals surface area (Å²) in [6, 6.07) is 6.42. The average molecular weight is 414 g/mol. The van der Waals surface area contributed by atoms with E-state index in [1.807, 2.05) is 30.5 Å². The van der Waals surface area contributed by atoms with Gasteiger partial charge in [0.15, 0.2) is 16.9 Å². The fourth-order valence-electron chi connectivity index (χ4n) is 3.64. The standard InChI is InChI=1S/C20H20ClN5O3/c1-10-11(2)25-16-17(22-19(25)24(10)15-8-6-14(21)7-9-15)23(5)20(29)26(18(16)28)12(3)13(4)27/h6-9,12H,1-5H3/t12-/m0/s1. The second-order valence-corrected chi connectivity index (χ2v) is 7.64. The summed E-state index contributed by atoms with van der Waals surface area (Å²) in [6.07, 6.45) is 0. The maximum Gasteiger partial charge on any atom is 0.333 e. The Bertz CT molecular complexity index is 1420. The number of Topliss-reactive ketones (excluding diaryl/α,β-unsaturated/α-hetero) is 1. The van der Waals surface area contributed by atoms with Gasteiger partial charge in [0.2, 0.25) is 5.78 Å². The second-order valence-electron chi connectivity index (χ2n) is 7.21. The van der Waals surface area contributed by atoms with E-state index >= 15 is 0 Å². The molecule has 29 heavy (non-hydrogen) atoms. The molecule has 1 aromatic carbocycles. The van der Waals surface area contributed by atoms with E-state index in [4.69, 9.17) is 11.6 Å². The lowest BCUT2D eigenvalue weighted by atomic mass is 10.2. The second kappa shape index (κ2) is 6.45. The number of aromatic nitrogens is 5. The first-order valence-electron chi connectivity index (χ1n) is 9.13. The van der Waals surface area contributed by atoms with Crippen molar-refractivity contribution in [1.82, 2.24) is 23.1 Å². The number of carbonyl (C=O) groups is 1. The molecule has 0 fully saturated rings. The van der Waals surface area contributed by atoms with E-state index in [1.165, 1.54) is 11.5 Å². The summed E-state index contributed by atoms with van der Waals surface area (Å²) >= 11 is 6.02. The first-order chi connectivity index (χ1) is 13.6. The number of carbonyl (C=O) groups excluding carboxylic acids is 1. The molecule has 8 nitrogen and oxygen atoms in total. The van der Waals surface area contributed by atoms with Gasteiger partial charge in [-0.1, -0.05) is 11.6 Å². The molecule has 1 atom stereocenters. The number of hydrogen-bond donors (Lipinski definition) is 0. The minimum atomic E-state index is -0.865. The maximum atomic E-state index is 13.3. The number of rotatable bonds is 3. The van der Waals surface area contributed by atoms with E-state index in [0.29, 0.717) is 10.8 Å². The summed E-state index contributed by atoms with van der Waals surface area (Å²) in [5, 5.41) is 0.614. The van der Waals surface area contributed by atoms with Crippen LogP contribution < -0.4 is 11.2 Å². The summed E-state index contributed by atoms with van der Waals surface area (Å²) in [4.78, 5) is 42.6. The van der Waals surface area contributed by atoms with Gasteiger partial charge < -0.3 is 0 Å². The Kier molecular flexibility index (Phi) is 4.27. The van der Waals surface area contributed by atoms with Gasteiger partial charge >= 0.3 is 5.69 Å². The molecule has 3 aromatic heterocycles. The van der Waals surface area contributed by atoms with Crippen LogP contribution in [0.1, 0.15) is 31.3 Å². The van der Waals surface area contributed by atoms with Gasteiger partial charge in [0.05, 0.1) is 6.04 Å². The monoisotopic (exact) mass is 413 g/mol. The topological polar surface area (TPSA) is 83.3 Å². The predicted molar refractivity (Wildman–Crippen MR) is 111 cm³/mol. The molecule has 0 aliphatic heterocycles. The van der Waals surface area contributed by atoms with E-state index in [0.717, 1.165) is 21.6 Å². The largest absolute Gasteiger partial charge is 0.333 e. The third-order valence-electron chi connectivity index (χ3n) is 5.53. The summed E-state index contributed by atoms with van der Waals surface area (Å²) < 4.78 is 5.95. The summed E-state index contributed by atoms with van der Waals surface area (Å²) in [5.74, 6) is 0.244. The number of benzene rings is 1. The van der Waals surface area contributed by atoms with Crippen LogP contribution in [0, 0.1) is 13.8 Å². The van der Waals surface area contributed by atoms with Crippen molar-refractivity contribution in [2.75, 3.05) is 0 Å². The van der Waals surface area contributed by atoms with Crippen molar-refractivity contribution < 1.29 is 4.79 Å². The molecule has 0 radical (unpaired) electrons. The maximum absolute atomic E-state index is 13.3. The molecule has 0 spiro atoms. The molecule has 150 valence electrons. The Morgan fingerprint density at radius 3 is 2.31 bits per heavy atom. The van der Waals surface area contributed by atoms with E-state index in [1.54, 1.807) is 30.5 Å². The van der Waals surface area contributed by atoms with Crippen LogP contribution in [0.15, 0.2) is 33.9 Å². The molecular weight excluding hydrogens is 394 g/mol. The molecule has 0 saturated heterocycles. The Hall–Kier alpha value is -3.13. The molecule has 0 N–H and O–H groups in total. The third-order valence-corrected chi connectivity index (χ3v) is 5.78. The van der Waals surface area contributed by atoms with Crippen LogP contribution in [0.2, 0.25) is 5.02 Å². The van der Waals surface area contributed by atoms with Crippen molar-refractivity contribution in [3.8, 4) is 5.69 Å². The Morgan fingerprint density at radius 1 is 1.10 bits per heavy atom. The molecule has 0 unspecified atom stereocenters. The normalized spacial score (nSPS) is 12.8. The molecule has 0 aliphatic carbocycles. The zero-order valence-electron chi connectivity index (χ0n) is 16.7. The van der Waals surface area contributed by atoms with Gasteiger partial charge in [-0.3, -0.25) is 23.1 Å². The number of fused-ring (bicyclic) bond motifs is 3. The third kappa shape index (κ3) is 2.59. The van der Waals surface area contributed by atoms with Crippen molar-refractivity contribution in [2.45, 2.75) is 33.7 Å². The van der Waals surface area contributed by atoms with Gasteiger partial charge in [0, 0.05) is 29.1 Å². The molecule has 4 aromatic rings. The molecule has 0 bridgehead atoms. The molecule has 9 heteroatoms. The number of hydrogen-bond acceptors (Lipinski definition) is 4. The van der Waals surface area contributed by atoms with Crippen LogP contribution in [-0.4, -0.2) is 28.9 Å². The van der Waals surface area contributed by atoms with Crippen LogP contribution >= 0.6 is 11.6 Å². The SMILES string of the molecule is CC(=O)[C@H](C)n1c(=O)c2c(nc3n(-c4ccc(Cl)cc4)c(C)c(C)n23)n(C)c1=O. The molecule has 0 aliphatic rings. The molecule has 4 rings (SSSR count). The zero-order chi connectivity index (χ0) is 21.2. The van der Waals surface area contributed by atoms with E-state index < -0.39 is 17.3 Å². The minimum absolute atomic E-state index is 0.267. The van der Waals surface area contributed by atoms with Crippen molar-refractivity contribution in [2.24, 2.45) is 7.05 Å². The van der Waals surface area contributed by atoms with E-state index in [2.05, 4.69) is 4.98 Å². The van der Waals surface area contributed by atoms with Gasteiger partial charge in [-0.05, 0) is 52.0 Å². The lowest BCUT2D eigenvalue weighted by Crippen LogP contribution is -2.42. The number of imidazole rings is 2. The number of aryl methyl sites for hydroxylation is 2. The smallest absolute Gasteiger partial charge is 0.298 e. The predicted octanol–water partition coefficient (Wildman–Crippen LogP) is 2.56. The van der Waals surface area contributed by atoms with Crippen molar-refractivity contribution in [3.63, 3.8) is 0 Å². The average Bonchev–Trinajstić information content (AvgIpc) is 3.17. The molecule has 0 saturated carbocycles. The summed E-state index contributed by atoms with van der Waals surface area (Å²) in [5.41, 5.74) is 1.98. The van der Waals surface area contributed by atoms with Crippen molar-refractivity contribution >= 4 is 34.3 Å². The lowest BCUT2D eigenvalue weighted by molar-refractivity contribution is -0.119. The highest BCUT2D eigenvalue weighted by atomic mass is 35.5. The highest BCUT2D eigenvalue weighted by Crippen LogP contribution is 2.25. The first kappa shape index (κ1) is 19.2. The van der Waals surface area contributed by atoms with Crippen LogP contribution in [0.25, 0.3) is 22.6 Å². The highest BCUT2D eigenvalue weighted by Gasteiger charge is 2.25. The van der Waals surface area contributed by atoms with Gasteiger partial charge in [-0.15, -0.1) is 0 Å². The van der Waals surface area contributed by atoms with Crippen LogP contribution in [-0.2, 0) is 11.8 Å². The van der Waals surface area contributed by atoms with Gasteiger partial charge in [-0.25, -0.2) is 9.36 Å². The Labute approximate surface area is 170 Å². The molecule has 0 amide bonds. The van der Waals surface area contributed by atoms with Crippen LogP contribution in [0.4, 0.5) is 0 Å².